The highest BCUT2D eigenvalue weighted by molar-refractivity contribution is 7.99. The van der Waals surface area contributed by atoms with Crippen LogP contribution in [0.1, 0.15) is 33.1 Å². The first-order valence-corrected chi connectivity index (χ1v) is 6.78. The van der Waals surface area contributed by atoms with E-state index in [1.807, 2.05) is 0 Å². The summed E-state index contributed by atoms with van der Waals surface area (Å²) in [6.45, 7) is 7.16. The highest BCUT2D eigenvalue weighted by atomic mass is 32.2. The van der Waals surface area contributed by atoms with Crippen LogP contribution in [0.4, 0.5) is 0 Å². The van der Waals surface area contributed by atoms with Crippen molar-refractivity contribution in [1.29, 1.82) is 0 Å². The highest BCUT2D eigenvalue weighted by Gasteiger charge is 2.12. The molecule has 0 aromatic heterocycles. The largest absolute Gasteiger partial charge is 0.377 e. The van der Waals surface area contributed by atoms with Crippen LogP contribution in [-0.4, -0.2) is 36.8 Å². The lowest BCUT2D eigenvalue weighted by atomic mass is 10.2. The van der Waals surface area contributed by atoms with E-state index in [0.717, 1.165) is 24.9 Å². The maximum Gasteiger partial charge on any atom is 0.0594 e. The van der Waals surface area contributed by atoms with Crippen LogP contribution in [0.25, 0.3) is 0 Å². The Morgan fingerprint density at radius 1 is 1.43 bits per heavy atom. The summed E-state index contributed by atoms with van der Waals surface area (Å²) in [6.07, 6.45) is 4.59. The van der Waals surface area contributed by atoms with E-state index in [0.29, 0.717) is 6.10 Å². The number of hydrogen-bond donors (Lipinski definition) is 1. The third-order valence-electron chi connectivity index (χ3n) is 2.38. The molecule has 84 valence electrons. The number of nitrogens with one attached hydrogen (secondary N) is 1. The van der Waals surface area contributed by atoms with E-state index >= 15 is 0 Å². The minimum Gasteiger partial charge on any atom is -0.377 e. The first kappa shape index (κ1) is 12.3. The molecule has 0 amide bonds. The van der Waals surface area contributed by atoms with Crippen LogP contribution in [0.15, 0.2) is 0 Å². The molecule has 3 heteroatoms. The number of thioether (sulfide) groups is 1. The Kier molecular flexibility index (Phi) is 6.65. The molecule has 1 saturated heterocycles. The van der Waals surface area contributed by atoms with Gasteiger partial charge in [-0.15, -0.1) is 0 Å². The minimum atomic E-state index is 0.362. The van der Waals surface area contributed by atoms with Crippen molar-refractivity contribution in [1.82, 2.24) is 5.32 Å². The van der Waals surface area contributed by atoms with Crippen LogP contribution in [0.2, 0.25) is 0 Å². The van der Waals surface area contributed by atoms with Gasteiger partial charge in [0, 0.05) is 18.3 Å². The van der Waals surface area contributed by atoms with Gasteiger partial charge in [-0.3, -0.25) is 0 Å². The van der Waals surface area contributed by atoms with Crippen molar-refractivity contribution >= 4 is 11.8 Å². The van der Waals surface area contributed by atoms with E-state index in [9.17, 15) is 0 Å². The van der Waals surface area contributed by atoms with Crippen molar-refractivity contribution in [2.75, 3.05) is 25.4 Å². The standard InChI is InChI=1S/C11H23NOS/c1-10(2)13-7-6-12-9-11-5-3-4-8-14-11/h10-12H,3-9H2,1-2H3. The quantitative estimate of drug-likeness (QED) is 0.690. The summed E-state index contributed by atoms with van der Waals surface area (Å²) in [7, 11) is 0. The van der Waals surface area contributed by atoms with Gasteiger partial charge in [-0.05, 0) is 32.4 Å². The average Bonchev–Trinajstić information content (AvgIpc) is 2.18. The number of ether oxygens (including phenoxy) is 1. The molecule has 1 N–H and O–H groups in total. The van der Waals surface area contributed by atoms with E-state index in [-0.39, 0.29) is 0 Å². The molecule has 0 spiro atoms. The molecule has 1 rings (SSSR count). The van der Waals surface area contributed by atoms with Gasteiger partial charge in [0.2, 0.25) is 0 Å². The van der Waals surface area contributed by atoms with E-state index in [4.69, 9.17) is 4.74 Å². The summed E-state index contributed by atoms with van der Waals surface area (Å²) in [5.74, 6) is 1.36. The molecule has 0 radical (unpaired) electrons. The van der Waals surface area contributed by atoms with Gasteiger partial charge in [0.1, 0.15) is 0 Å². The highest BCUT2D eigenvalue weighted by Crippen LogP contribution is 2.23. The lowest BCUT2D eigenvalue weighted by Crippen LogP contribution is -2.29. The smallest absolute Gasteiger partial charge is 0.0594 e. The Morgan fingerprint density at radius 3 is 2.93 bits per heavy atom. The molecule has 0 aromatic carbocycles. The fourth-order valence-electron chi connectivity index (χ4n) is 1.60. The second-order valence-electron chi connectivity index (χ2n) is 4.11. The summed E-state index contributed by atoms with van der Waals surface area (Å²) in [4.78, 5) is 0. The molecule has 0 aromatic rings. The van der Waals surface area contributed by atoms with Gasteiger partial charge < -0.3 is 10.1 Å². The first-order valence-electron chi connectivity index (χ1n) is 5.73. The lowest BCUT2D eigenvalue weighted by Gasteiger charge is -2.21. The molecular formula is C11H23NOS. The van der Waals surface area contributed by atoms with Gasteiger partial charge in [0.15, 0.2) is 0 Å². The van der Waals surface area contributed by atoms with Crippen LogP contribution in [0, 0.1) is 0 Å². The van der Waals surface area contributed by atoms with Gasteiger partial charge in [0.25, 0.3) is 0 Å². The third-order valence-corrected chi connectivity index (χ3v) is 3.77. The molecule has 0 bridgehead atoms. The maximum atomic E-state index is 5.46. The third kappa shape index (κ3) is 5.89. The Hall–Kier alpha value is 0.270. The van der Waals surface area contributed by atoms with E-state index in [1.54, 1.807) is 0 Å². The van der Waals surface area contributed by atoms with Crippen LogP contribution < -0.4 is 5.32 Å². The van der Waals surface area contributed by atoms with Gasteiger partial charge >= 0.3 is 0 Å². The first-order chi connectivity index (χ1) is 6.79. The zero-order chi connectivity index (χ0) is 10.2. The molecule has 1 aliphatic heterocycles. The Balaban J connectivity index is 1.87. The Labute approximate surface area is 92.2 Å². The normalized spacial score (nSPS) is 22.9. The van der Waals surface area contributed by atoms with Crippen molar-refractivity contribution in [2.45, 2.75) is 44.5 Å². The van der Waals surface area contributed by atoms with Gasteiger partial charge in [-0.2, -0.15) is 11.8 Å². The molecule has 1 fully saturated rings. The topological polar surface area (TPSA) is 21.3 Å². The average molecular weight is 217 g/mol. The minimum absolute atomic E-state index is 0.362. The van der Waals surface area contributed by atoms with Crippen molar-refractivity contribution in [3.63, 3.8) is 0 Å². The Morgan fingerprint density at radius 2 is 2.29 bits per heavy atom. The van der Waals surface area contributed by atoms with Gasteiger partial charge in [-0.1, -0.05) is 6.42 Å². The van der Waals surface area contributed by atoms with E-state index in [1.165, 1.54) is 25.0 Å². The monoisotopic (exact) mass is 217 g/mol. The van der Waals surface area contributed by atoms with Crippen molar-refractivity contribution < 1.29 is 4.74 Å². The summed E-state index contributed by atoms with van der Waals surface area (Å²) in [5.41, 5.74) is 0. The molecule has 14 heavy (non-hydrogen) atoms. The van der Waals surface area contributed by atoms with Crippen LogP contribution in [0.5, 0.6) is 0 Å². The molecule has 1 unspecified atom stereocenters. The maximum absolute atomic E-state index is 5.46. The van der Waals surface area contributed by atoms with Crippen molar-refractivity contribution in [3.8, 4) is 0 Å². The second kappa shape index (κ2) is 7.55. The molecule has 0 aliphatic carbocycles. The second-order valence-corrected chi connectivity index (χ2v) is 5.52. The number of hydrogen-bond acceptors (Lipinski definition) is 3. The van der Waals surface area contributed by atoms with Crippen molar-refractivity contribution in [3.05, 3.63) is 0 Å². The summed E-state index contributed by atoms with van der Waals surface area (Å²) in [6, 6.07) is 0. The van der Waals surface area contributed by atoms with E-state index in [2.05, 4.69) is 30.9 Å². The lowest BCUT2D eigenvalue weighted by molar-refractivity contribution is 0.0809. The van der Waals surface area contributed by atoms with Crippen LogP contribution in [-0.2, 0) is 4.74 Å². The zero-order valence-corrected chi connectivity index (χ0v) is 10.2. The molecule has 1 atom stereocenters. The SMILES string of the molecule is CC(C)OCCNCC1CCCCS1. The Bertz CT molecular complexity index is 135. The van der Waals surface area contributed by atoms with Crippen LogP contribution in [0.3, 0.4) is 0 Å². The van der Waals surface area contributed by atoms with Gasteiger partial charge in [0.05, 0.1) is 12.7 Å². The summed E-state index contributed by atoms with van der Waals surface area (Å²) in [5, 5.41) is 4.31. The van der Waals surface area contributed by atoms with Gasteiger partial charge in [-0.25, -0.2) is 0 Å². The summed E-state index contributed by atoms with van der Waals surface area (Å²) < 4.78 is 5.46. The van der Waals surface area contributed by atoms with E-state index < -0.39 is 0 Å². The van der Waals surface area contributed by atoms with Crippen LogP contribution >= 0.6 is 11.8 Å². The molecule has 1 aliphatic rings. The molecule has 1 heterocycles. The number of rotatable bonds is 6. The fourth-order valence-corrected chi connectivity index (χ4v) is 2.87. The molecular weight excluding hydrogens is 194 g/mol. The summed E-state index contributed by atoms with van der Waals surface area (Å²) >= 11 is 2.12. The molecule has 0 saturated carbocycles. The van der Waals surface area contributed by atoms with Crippen molar-refractivity contribution in [2.24, 2.45) is 0 Å². The zero-order valence-electron chi connectivity index (χ0n) is 9.42. The predicted molar refractivity (Wildman–Crippen MR) is 64.1 cm³/mol. The molecule has 2 nitrogen and oxygen atoms in total. The predicted octanol–water partition coefficient (Wildman–Crippen LogP) is 2.29. The fraction of sp³-hybridized carbons (Fsp3) is 1.00.